The average Bonchev–Trinajstić information content (AvgIpc) is 2.42. The Labute approximate surface area is 116 Å². The highest BCUT2D eigenvalue weighted by Crippen LogP contribution is 2.27. The third-order valence-electron chi connectivity index (χ3n) is 4.60. The number of carbonyl (C=O) groups is 1. The molecule has 0 aromatic rings. The molecule has 2 rings (SSSR count). The lowest BCUT2D eigenvalue weighted by molar-refractivity contribution is -0.135. The van der Waals surface area contributed by atoms with Crippen molar-refractivity contribution in [2.75, 3.05) is 19.7 Å². The highest BCUT2D eigenvalue weighted by atomic mass is 16.5. The topological polar surface area (TPSA) is 55.6 Å². The highest BCUT2D eigenvalue weighted by Gasteiger charge is 2.28. The third kappa shape index (κ3) is 4.18. The molecule has 1 saturated heterocycles. The van der Waals surface area contributed by atoms with Crippen LogP contribution in [0.1, 0.15) is 51.9 Å². The average molecular weight is 268 g/mol. The van der Waals surface area contributed by atoms with E-state index in [4.69, 9.17) is 10.5 Å². The minimum atomic E-state index is 0.235. The van der Waals surface area contributed by atoms with E-state index in [-0.39, 0.29) is 6.04 Å². The number of amides is 1. The minimum absolute atomic E-state index is 0.235. The van der Waals surface area contributed by atoms with Gasteiger partial charge in [0.25, 0.3) is 0 Å². The SMILES string of the molecule is CCOC1CCN(C(=O)CC2CCCCC2N)CC1. The summed E-state index contributed by atoms with van der Waals surface area (Å²) in [6.45, 7) is 4.51. The number of nitrogens with two attached hydrogens (primary N) is 1. The molecule has 2 unspecified atom stereocenters. The molecule has 1 heterocycles. The Morgan fingerprint density at radius 3 is 2.53 bits per heavy atom. The van der Waals surface area contributed by atoms with Gasteiger partial charge in [0.05, 0.1) is 6.10 Å². The first-order chi connectivity index (χ1) is 9.20. The van der Waals surface area contributed by atoms with E-state index in [2.05, 4.69) is 0 Å². The smallest absolute Gasteiger partial charge is 0.222 e. The van der Waals surface area contributed by atoms with Crippen LogP contribution in [0.15, 0.2) is 0 Å². The highest BCUT2D eigenvalue weighted by molar-refractivity contribution is 5.76. The number of ether oxygens (including phenoxy) is 1. The zero-order valence-electron chi connectivity index (χ0n) is 12.1. The van der Waals surface area contributed by atoms with Gasteiger partial charge in [-0.25, -0.2) is 0 Å². The molecule has 4 heteroatoms. The van der Waals surface area contributed by atoms with Gasteiger partial charge in [-0.15, -0.1) is 0 Å². The van der Waals surface area contributed by atoms with Crippen molar-refractivity contribution in [3.63, 3.8) is 0 Å². The van der Waals surface area contributed by atoms with E-state index in [0.717, 1.165) is 45.4 Å². The summed E-state index contributed by atoms with van der Waals surface area (Å²) in [6, 6.07) is 0.235. The molecule has 2 aliphatic rings. The summed E-state index contributed by atoms with van der Waals surface area (Å²) in [4.78, 5) is 14.3. The van der Waals surface area contributed by atoms with Gasteiger partial charge < -0.3 is 15.4 Å². The fourth-order valence-corrected chi connectivity index (χ4v) is 3.35. The van der Waals surface area contributed by atoms with Crippen molar-refractivity contribution in [1.29, 1.82) is 0 Å². The molecule has 110 valence electrons. The maximum absolute atomic E-state index is 12.3. The lowest BCUT2D eigenvalue weighted by Gasteiger charge is -2.34. The van der Waals surface area contributed by atoms with Crippen molar-refractivity contribution in [2.45, 2.75) is 64.0 Å². The fraction of sp³-hybridized carbons (Fsp3) is 0.933. The van der Waals surface area contributed by atoms with Crippen molar-refractivity contribution in [3.05, 3.63) is 0 Å². The van der Waals surface area contributed by atoms with Crippen LogP contribution in [-0.4, -0.2) is 42.6 Å². The van der Waals surface area contributed by atoms with Gasteiger partial charge in [0.15, 0.2) is 0 Å². The maximum atomic E-state index is 12.3. The Hall–Kier alpha value is -0.610. The quantitative estimate of drug-likeness (QED) is 0.847. The van der Waals surface area contributed by atoms with Crippen LogP contribution in [0.3, 0.4) is 0 Å². The Kier molecular flexibility index (Phi) is 5.64. The lowest BCUT2D eigenvalue weighted by atomic mass is 9.82. The fourth-order valence-electron chi connectivity index (χ4n) is 3.35. The molecule has 0 radical (unpaired) electrons. The zero-order valence-corrected chi connectivity index (χ0v) is 12.1. The molecule has 0 spiro atoms. The number of likely N-dealkylation sites (tertiary alicyclic amines) is 1. The molecule has 0 aromatic carbocycles. The van der Waals surface area contributed by atoms with Crippen molar-refractivity contribution in [3.8, 4) is 0 Å². The van der Waals surface area contributed by atoms with E-state index in [9.17, 15) is 4.79 Å². The predicted octanol–water partition coefficient (Wildman–Crippen LogP) is 1.92. The van der Waals surface area contributed by atoms with Crippen molar-refractivity contribution < 1.29 is 9.53 Å². The van der Waals surface area contributed by atoms with Gasteiger partial charge >= 0.3 is 0 Å². The molecule has 1 aliphatic heterocycles. The number of nitrogens with zero attached hydrogens (tertiary/aromatic N) is 1. The van der Waals surface area contributed by atoms with Gasteiger partial charge in [-0.1, -0.05) is 12.8 Å². The van der Waals surface area contributed by atoms with E-state index in [0.29, 0.717) is 24.3 Å². The summed E-state index contributed by atoms with van der Waals surface area (Å²) in [7, 11) is 0. The first kappa shape index (κ1) is 14.8. The van der Waals surface area contributed by atoms with Crippen molar-refractivity contribution in [2.24, 2.45) is 11.7 Å². The molecular weight excluding hydrogens is 240 g/mol. The van der Waals surface area contributed by atoms with E-state index < -0.39 is 0 Å². The normalized spacial score (nSPS) is 29.5. The first-order valence-corrected chi connectivity index (χ1v) is 7.85. The number of rotatable bonds is 4. The Bertz CT molecular complexity index is 288. The van der Waals surface area contributed by atoms with Gasteiger partial charge in [-0.2, -0.15) is 0 Å². The molecule has 2 atom stereocenters. The van der Waals surface area contributed by atoms with E-state index in [1.165, 1.54) is 12.8 Å². The monoisotopic (exact) mass is 268 g/mol. The number of carbonyl (C=O) groups excluding carboxylic acids is 1. The Morgan fingerprint density at radius 1 is 1.21 bits per heavy atom. The zero-order chi connectivity index (χ0) is 13.7. The lowest BCUT2D eigenvalue weighted by Crippen LogP contribution is -2.43. The van der Waals surface area contributed by atoms with Gasteiger partial charge in [0.2, 0.25) is 5.91 Å². The molecule has 0 bridgehead atoms. The summed E-state index contributed by atoms with van der Waals surface area (Å²) in [5, 5.41) is 0. The molecule has 19 heavy (non-hydrogen) atoms. The van der Waals surface area contributed by atoms with Crippen LogP contribution in [0.2, 0.25) is 0 Å². The van der Waals surface area contributed by atoms with Crippen molar-refractivity contribution >= 4 is 5.91 Å². The summed E-state index contributed by atoms with van der Waals surface area (Å²) in [5.41, 5.74) is 6.13. The molecule has 2 fully saturated rings. The summed E-state index contributed by atoms with van der Waals surface area (Å²) >= 11 is 0. The summed E-state index contributed by atoms with van der Waals surface area (Å²) < 4.78 is 5.62. The molecular formula is C15H28N2O2. The molecule has 1 aliphatic carbocycles. The molecule has 4 nitrogen and oxygen atoms in total. The van der Waals surface area contributed by atoms with Gasteiger partial charge in [0, 0.05) is 32.2 Å². The van der Waals surface area contributed by atoms with Crippen LogP contribution in [-0.2, 0) is 9.53 Å². The Morgan fingerprint density at radius 2 is 1.89 bits per heavy atom. The van der Waals surface area contributed by atoms with Gasteiger partial charge in [0.1, 0.15) is 0 Å². The predicted molar refractivity (Wildman–Crippen MR) is 75.8 cm³/mol. The summed E-state index contributed by atoms with van der Waals surface area (Å²) in [5.74, 6) is 0.711. The van der Waals surface area contributed by atoms with Crippen molar-refractivity contribution in [1.82, 2.24) is 4.90 Å². The largest absolute Gasteiger partial charge is 0.378 e. The van der Waals surface area contributed by atoms with Crippen LogP contribution in [0.5, 0.6) is 0 Å². The molecule has 0 aromatic heterocycles. The molecule has 2 N–H and O–H groups in total. The Balaban J connectivity index is 1.74. The minimum Gasteiger partial charge on any atom is -0.378 e. The van der Waals surface area contributed by atoms with Crippen LogP contribution in [0.4, 0.5) is 0 Å². The third-order valence-corrected chi connectivity index (χ3v) is 4.60. The van der Waals surface area contributed by atoms with Gasteiger partial charge in [-0.05, 0) is 38.5 Å². The van der Waals surface area contributed by atoms with Crippen LogP contribution >= 0.6 is 0 Å². The number of hydrogen-bond acceptors (Lipinski definition) is 3. The van der Waals surface area contributed by atoms with Gasteiger partial charge in [-0.3, -0.25) is 4.79 Å². The van der Waals surface area contributed by atoms with Crippen LogP contribution in [0, 0.1) is 5.92 Å². The van der Waals surface area contributed by atoms with E-state index >= 15 is 0 Å². The van der Waals surface area contributed by atoms with Crippen LogP contribution in [0.25, 0.3) is 0 Å². The van der Waals surface area contributed by atoms with Crippen LogP contribution < -0.4 is 5.73 Å². The standard InChI is InChI=1S/C15H28N2O2/c1-2-19-13-7-9-17(10-8-13)15(18)11-12-5-3-4-6-14(12)16/h12-14H,2-11,16H2,1H3. The second-order valence-electron chi connectivity index (χ2n) is 5.95. The first-order valence-electron chi connectivity index (χ1n) is 7.85. The molecule has 1 amide bonds. The van der Waals surface area contributed by atoms with E-state index in [1.54, 1.807) is 0 Å². The maximum Gasteiger partial charge on any atom is 0.222 e. The second kappa shape index (κ2) is 7.25. The summed E-state index contributed by atoms with van der Waals surface area (Å²) in [6.07, 6.45) is 7.65. The number of piperidine rings is 1. The number of hydrogen-bond donors (Lipinski definition) is 1. The molecule has 1 saturated carbocycles. The second-order valence-corrected chi connectivity index (χ2v) is 5.95. The van der Waals surface area contributed by atoms with E-state index in [1.807, 2.05) is 11.8 Å².